The summed E-state index contributed by atoms with van der Waals surface area (Å²) in [6, 6.07) is 0. The van der Waals surface area contributed by atoms with Crippen molar-refractivity contribution >= 4 is 5.90 Å². The van der Waals surface area contributed by atoms with E-state index in [0.717, 1.165) is 30.7 Å². The minimum absolute atomic E-state index is 0.101. The first-order chi connectivity index (χ1) is 10.3. The zero-order valence-corrected chi connectivity index (χ0v) is 13.9. The van der Waals surface area contributed by atoms with Gasteiger partial charge in [0.2, 0.25) is 0 Å². The molecular weight excluding hydrogens is 258 g/mol. The van der Waals surface area contributed by atoms with Gasteiger partial charge in [-0.05, 0) is 32.1 Å². The van der Waals surface area contributed by atoms with Gasteiger partial charge in [0.1, 0.15) is 5.60 Å². The summed E-state index contributed by atoms with van der Waals surface area (Å²) >= 11 is 0. The van der Waals surface area contributed by atoms with Gasteiger partial charge < -0.3 is 4.74 Å². The third-order valence-corrected chi connectivity index (χ3v) is 6.15. The summed E-state index contributed by atoms with van der Waals surface area (Å²) in [7, 11) is 0. The van der Waals surface area contributed by atoms with E-state index in [1.807, 2.05) is 0 Å². The normalized spacial score (nSPS) is 27.4. The molecule has 0 aromatic carbocycles. The van der Waals surface area contributed by atoms with Crippen molar-refractivity contribution < 1.29 is 4.74 Å². The molecule has 0 unspecified atom stereocenters. The van der Waals surface area contributed by atoms with Gasteiger partial charge in [-0.2, -0.15) is 0 Å². The van der Waals surface area contributed by atoms with Gasteiger partial charge in [0.15, 0.2) is 5.90 Å². The molecule has 2 saturated carbocycles. The monoisotopic (exact) mass is 291 g/mol. The lowest BCUT2D eigenvalue weighted by Crippen LogP contribution is -2.50. The third kappa shape index (κ3) is 3.29. The van der Waals surface area contributed by atoms with Crippen molar-refractivity contribution in [2.75, 3.05) is 6.54 Å². The summed E-state index contributed by atoms with van der Waals surface area (Å²) in [5.74, 6) is 2.64. The average molecular weight is 291 g/mol. The molecule has 0 aromatic rings. The molecule has 2 aliphatic carbocycles. The first-order valence-corrected chi connectivity index (χ1v) is 9.57. The van der Waals surface area contributed by atoms with Crippen LogP contribution in [0.1, 0.15) is 90.4 Å². The van der Waals surface area contributed by atoms with Crippen LogP contribution in [0.2, 0.25) is 0 Å². The van der Waals surface area contributed by atoms with Gasteiger partial charge in [0.25, 0.3) is 0 Å². The number of hydrogen-bond donors (Lipinski definition) is 0. The maximum absolute atomic E-state index is 6.68. The summed E-state index contributed by atoms with van der Waals surface area (Å²) in [6.07, 6.45) is 17.6. The fourth-order valence-corrected chi connectivity index (χ4v) is 4.89. The molecule has 0 N–H and O–H groups in total. The molecule has 0 atom stereocenters. The van der Waals surface area contributed by atoms with Crippen LogP contribution in [-0.4, -0.2) is 18.0 Å². The molecule has 3 aliphatic rings. The predicted molar refractivity (Wildman–Crippen MR) is 88.8 cm³/mol. The Kier molecular flexibility index (Phi) is 5.24. The summed E-state index contributed by atoms with van der Waals surface area (Å²) in [4.78, 5) is 4.87. The summed E-state index contributed by atoms with van der Waals surface area (Å²) in [5, 5.41) is 0. The molecule has 2 heteroatoms. The standard InChI is InChI=1S/C19H33NO/c1-2-3-14-18-20-15-19(21-18,16-10-6-4-7-11-16)17-12-8-5-9-13-17/h16-17H,2-15H2,1H3. The maximum Gasteiger partial charge on any atom is 0.184 e. The van der Waals surface area contributed by atoms with Crippen LogP contribution >= 0.6 is 0 Å². The van der Waals surface area contributed by atoms with Crippen LogP contribution in [0.4, 0.5) is 0 Å². The van der Waals surface area contributed by atoms with E-state index >= 15 is 0 Å². The Balaban J connectivity index is 1.72. The van der Waals surface area contributed by atoms with Crippen LogP contribution in [0.3, 0.4) is 0 Å². The number of rotatable bonds is 5. The molecule has 120 valence electrons. The molecule has 2 nitrogen and oxygen atoms in total. The van der Waals surface area contributed by atoms with Crippen LogP contribution < -0.4 is 0 Å². The molecule has 2 fully saturated rings. The molecule has 0 bridgehead atoms. The Labute approximate surface area is 130 Å². The topological polar surface area (TPSA) is 21.6 Å². The highest BCUT2D eigenvalue weighted by atomic mass is 16.5. The van der Waals surface area contributed by atoms with Crippen molar-refractivity contribution in [1.82, 2.24) is 0 Å². The maximum atomic E-state index is 6.68. The smallest absolute Gasteiger partial charge is 0.184 e. The van der Waals surface area contributed by atoms with Crippen molar-refractivity contribution in [3.63, 3.8) is 0 Å². The van der Waals surface area contributed by atoms with Crippen LogP contribution in [0.15, 0.2) is 4.99 Å². The molecule has 0 amide bonds. The lowest BCUT2D eigenvalue weighted by molar-refractivity contribution is -0.0586. The molecule has 0 radical (unpaired) electrons. The van der Waals surface area contributed by atoms with Crippen LogP contribution in [0.25, 0.3) is 0 Å². The first kappa shape index (κ1) is 15.4. The minimum atomic E-state index is 0.101. The molecular formula is C19H33NO. The Hall–Kier alpha value is -0.530. The molecule has 21 heavy (non-hydrogen) atoms. The van der Waals surface area contributed by atoms with E-state index in [4.69, 9.17) is 9.73 Å². The quantitative estimate of drug-likeness (QED) is 0.655. The van der Waals surface area contributed by atoms with E-state index in [2.05, 4.69) is 6.92 Å². The number of unbranched alkanes of at least 4 members (excludes halogenated alkanes) is 1. The largest absolute Gasteiger partial charge is 0.472 e. The van der Waals surface area contributed by atoms with Gasteiger partial charge in [-0.15, -0.1) is 0 Å². The minimum Gasteiger partial charge on any atom is -0.472 e. The molecule has 0 spiro atoms. The van der Waals surface area contributed by atoms with Gasteiger partial charge in [-0.1, -0.05) is 51.9 Å². The second kappa shape index (κ2) is 7.15. The Morgan fingerprint density at radius 3 is 2.05 bits per heavy atom. The first-order valence-electron chi connectivity index (χ1n) is 9.57. The van der Waals surface area contributed by atoms with Gasteiger partial charge in [-0.25, -0.2) is 0 Å². The average Bonchev–Trinajstić information content (AvgIpc) is 3.00. The van der Waals surface area contributed by atoms with Crippen LogP contribution in [0, 0.1) is 11.8 Å². The fraction of sp³-hybridized carbons (Fsp3) is 0.947. The SMILES string of the molecule is CCCCC1=NCC(C2CCCCC2)(C2CCCCC2)O1. The molecule has 3 rings (SSSR count). The van der Waals surface area contributed by atoms with E-state index in [1.165, 1.54) is 77.0 Å². The zero-order chi connectivity index (χ0) is 14.5. The van der Waals surface area contributed by atoms with Crippen molar-refractivity contribution in [3.05, 3.63) is 0 Å². The second-order valence-corrected chi connectivity index (χ2v) is 7.54. The van der Waals surface area contributed by atoms with E-state index < -0.39 is 0 Å². The van der Waals surface area contributed by atoms with Crippen molar-refractivity contribution in [2.24, 2.45) is 16.8 Å². The second-order valence-electron chi connectivity index (χ2n) is 7.54. The lowest BCUT2D eigenvalue weighted by Gasteiger charge is -2.45. The van der Waals surface area contributed by atoms with Crippen molar-refractivity contribution in [2.45, 2.75) is 96.0 Å². The fourth-order valence-electron chi connectivity index (χ4n) is 4.89. The van der Waals surface area contributed by atoms with E-state index in [0.29, 0.717) is 0 Å². The Bertz CT molecular complexity index is 333. The van der Waals surface area contributed by atoms with Crippen LogP contribution in [-0.2, 0) is 4.74 Å². The number of nitrogens with zero attached hydrogens (tertiary/aromatic N) is 1. The Morgan fingerprint density at radius 1 is 0.952 bits per heavy atom. The highest BCUT2D eigenvalue weighted by Crippen LogP contribution is 2.47. The molecule has 0 aromatic heterocycles. The number of ether oxygens (including phenoxy) is 1. The third-order valence-electron chi connectivity index (χ3n) is 6.15. The van der Waals surface area contributed by atoms with Gasteiger partial charge >= 0.3 is 0 Å². The van der Waals surface area contributed by atoms with E-state index in [1.54, 1.807) is 0 Å². The highest BCUT2D eigenvalue weighted by molar-refractivity contribution is 5.78. The summed E-state index contributed by atoms with van der Waals surface area (Å²) in [5.41, 5.74) is 0.101. The van der Waals surface area contributed by atoms with Crippen molar-refractivity contribution in [3.8, 4) is 0 Å². The molecule has 1 heterocycles. The number of hydrogen-bond acceptors (Lipinski definition) is 2. The lowest BCUT2D eigenvalue weighted by atomic mass is 9.66. The summed E-state index contributed by atoms with van der Waals surface area (Å²) < 4.78 is 6.68. The van der Waals surface area contributed by atoms with Gasteiger partial charge in [0, 0.05) is 18.3 Å². The molecule has 0 saturated heterocycles. The van der Waals surface area contributed by atoms with E-state index in [-0.39, 0.29) is 5.60 Å². The van der Waals surface area contributed by atoms with Crippen LogP contribution in [0.5, 0.6) is 0 Å². The molecule has 1 aliphatic heterocycles. The number of aliphatic imine (C=N–C) groups is 1. The summed E-state index contributed by atoms with van der Waals surface area (Å²) in [6.45, 7) is 3.23. The van der Waals surface area contributed by atoms with Gasteiger partial charge in [0.05, 0.1) is 6.54 Å². The highest BCUT2D eigenvalue weighted by Gasteiger charge is 2.50. The van der Waals surface area contributed by atoms with E-state index in [9.17, 15) is 0 Å². The Morgan fingerprint density at radius 2 is 1.52 bits per heavy atom. The predicted octanol–water partition coefficient (Wildman–Crippen LogP) is 5.50. The van der Waals surface area contributed by atoms with Crippen molar-refractivity contribution in [1.29, 1.82) is 0 Å². The van der Waals surface area contributed by atoms with Gasteiger partial charge in [-0.3, -0.25) is 4.99 Å². The zero-order valence-electron chi connectivity index (χ0n) is 13.9.